The number of amides is 1. The summed E-state index contributed by atoms with van der Waals surface area (Å²) in [5.41, 5.74) is 2.26. The van der Waals surface area contributed by atoms with Crippen LogP contribution < -0.4 is 9.80 Å². The van der Waals surface area contributed by atoms with Crippen molar-refractivity contribution in [2.24, 2.45) is 5.92 Å². The van der Waals surface area contributed by atoms with E-state index in [-0.39, 0.29) is 11.8 Å². The normalized spacial score (nSPS) is 15.3. The van der Waals surface area contributed by atoms with E-state index in [0.29, 0.717) is 21.7 Å². The Bertz CT molecular complexity index is 947. The highest BCUT2D eigenvalue weighted by molar-refractivity contribution is 6.35. The number of halogens is 2. The van der Waals surface area contributed by atoms with Crippen LogP contribution in [0.1, 0.15) is 12.8 Å². The Morgan fingerprint density at radius 2 is 1.93 bits per heavy atom. The van der Waals surface area contributed by atoms with Gasteiger partial charge in [-0.15, -0.1) is 0 Å². The minimum atomic E-state index is -0.0642. The van der Waals surface area contributed by atoms with Crippen molar-refractivity contribution in [3.8, 4) is 0 Å². The van der Waals surface area contributed by atoms with Crippen LogP contribution in [0.5, 0.6) is 0 Å². The van der Waals surface area contributed by atoms with E-state index in [1.54, 1.807) is 30.1 Å². The second-order valence-corrected chi connectivity index (χ2v) is 7.56. The monoisotopic (exact) mass is 403 g/mol. The van der Waals surface area contributed by atoms with Crippen LogP contribution in [0.25, 0.3) is 11.1 Å². The van der Waals surface area contributed by atoms with Crippen LogP contribution in [0.3, 0.4) is 0 Å². The van der Waals surface area contributed by atoms with E-state index in [1.165, 1.54) is 0 Å². The number of carbonyl (C=O) groups excluding carboxylic acids is 1. The summed E-state index contributed by atoms with van der Waals surface area (Å²) in [6, 6.07) is 13.5. The van der Waals surface area contributed by atoms with Crippen molar-refractivity contribution in [2.45, 2.75) is 12.8 Å². The average molecular weight is 404 g/mol. The smallest absolute Gasteiger partial charge is 0.298 e. The lowest BCUT2D eigenvalue weighted by Crippen LogP contribution is -2.41. The summed E-state index contributed by atoms with van der Waals surface area (Å²) < 4.78 is 5.84. The number of para-hydroxylation sites is 2. The Hall–Kier alpha value is -2.24. The molecule has 1 aromatic heterocycles. The van der Waals surface area contributed by atoms with Gasteiger partial charge in [0.25, 0.3) is 6.01 Å². The lowest BCUT2D eigenvalue weighted by molar-refractivity contribution is -0.122. The molecule has 0 N–H and O–H groups in total. The molecule has 1 aliphatic heterocycles. The van der Waals surface area contributed by atoms with Crippen LogP contribution in [0.15, 0.2) is 46.9 Å². The Balaban J connectivity index is 1.43. The van der Waals surface area contributed by atoms with Gasteiger partial charge in [-0.05, 0) is 43.2 Å². The van der Waals surface area contributed by atoms with Gasteiger partial charge in [0, 0.05) is 31.1 Å². The molecular weight excluding hydrogens is 385 g/mol. The highest BCUT2D eigenvalue weighted by Crippen LogP contribution is 2.32. The van der Waals surface area contributed by atoms with Crippen molar-refractivity contribution in [3.63, 3.8) is 0 Å². The molecule has 140 valence electrons. The second kappa shape index (κ2) is 7.41. The lowest BCUT2D eigenvalue weighted by atomic mass is 9.95. The van der Waals surface area contributed by atoms with Crippen molar-refractivity contribution in [1.29, 1.82) is 0 Å². The number of hydrogen-bond acceptors (Lipinski definition) is 4. The van der Waals surface area contributed by atoms with Gasteiger partial charge < -0.3 is 14.2 Å². The third-order valence-electron chi connectivity index (χ3n) is 5.00. The SMILES string of the molecule is CN(C(=O)C1CCN(c2nc3ccccc3o2)CC1)c1cc(Cl)ccc1Cl. The first-order valence-electron chi connectivity index (χ1n) is 8.86. The summed E-state index contributed by atoms with van der Waals surface area (Å²) in [5, 5.41) is 1.07. The Kier molecular flexibility index (Phi) is 4.98. The number of oxazole rings is 1. The van der Waals surface area contributed by atoms with Gasteiger partial charge in [0.1, 0.15) is 5.52 Å². The van der Waals surface area contributed by atoms with E-state index in [1.807, 2.05) is 24.3 Å². The maximum atomic E-state index is 12.9. The van der Waals surface area contributed by atoms with Crippen molar-refractivity contribution in [1.82, 2.24) is 4.98 Å². The minimum Gasteiger partial charge on any atom is -0.423 e. The minimum absolute atomic E-state index is 0.0522. The predicted octanol–water partition coefficient (Wildman–Crippen LogP) is 5.01. The quantitative estimate of drug-likeness (QED) is 0.616. The molecule has 2 heterocycles. The van der Waals surface area contributed by atoms with Gasteiger partial charge in [-0.25, -0.2) is 0 Å². The summed E-state index contributed by atoms with van der Waals surface area (Å²) in [5.74, 6) is -0.0120. The van der Waals surface area contributed by atoms with Crippen LogP contribution in [0, 0.1) is 5.92 Å². The third kappa shape index (κ3) is 3.62. The maximum absolute atomic E-state index is 12.9. The van der Waals surface area contributed by atoms with Gasteiger partial charge in [-0.1, -0.05) is 35.3 Å². The zero-order valence-corrected chi connectivity index (χ0v) is 16.4. The molecule has 0 radical (unpaired) electrons. The molecule has 7 heteroatoms. The van der Waals surface area contributed by atoms with Gasteiger partial charge in [-0.2, -0.15) is 4.98 Å². The molecule has 1 saturated heterocycles. The Morgan fingerprint density at radius 3 is 2.67 bits per heavy atom. The lowest BCUT2D eigenvalue weighted by Gasteiger charge is -2.32. The predicted molar refractivity (Wildman–Crippen MR) is 109 cm³/mol. The van der Waals surface area contributed by atoms with E-state index in [0.717, 1.165) is 37.0 Å². The van der Waals surface area contributed by atoms with Crippen LogP contribution in [0.2, 0.25) is 10.0 Å². The standard InChI is InChI=1S/C20H19Cl2N3O2/c1-24(17-12-14(21)6-7-15(17)22)19(26)13-8-10-25(11-9-13)20-23-16-4-2-3-5-18(16)27-20/h2-7,12-13H,8-11H2,1H3. The maximum Gasteiger partial charge on any atom is 0.298 e. The summed E-state index contributed by atoms with van der Waals surface area (Å²) in [4.78, 5) is 21.2. The zero-order valence-electron chi connectivity index (χ0n) is 14.9. The molecule has 1 fully saturated rings. The van der Waals surface area contributed by atoms with Gasteiger partial charge >= 0.3 is 0 Å². The van der Waals surface area contributed by atoms with Crippen molar-refractivity contribution >= 4 is 51.9 Å². The van der Waals surface area contributed by atoms with E-state index in [9.17, 15) is 4.79 Å². The molecule has 0 spiro atoms. The number of nitrogens with zero attached hydrogens (tertiary/aromatic N) is 3. The van der Waals surface area contributed by atoms with E-state index in [4.69, 9.17) is 27.6 Å². The van der Waals surface area contributed by atoms with Crippen molar-refractivity contribution in [3.05, 3.63) is 52.5 Å². The number of anilines is 2. The van der Waals surface area contributed by atoms with Crippen LogP contribution >= 0.6 is 23.2 Å². The number of piperidine rings is 1. The fraction of sp³-hybridized carbons (Fsp3) is 0.300. The average Bonchev–Trinajstić information content (AvgIpc) is 3.13. The molecule has 0 saturated carbocycles. The number of fused-ring (bicyclic) bond motifs is 1. The number of carbonyl (C=O) groups is 1. The largest absolute Gasteiger partial charge is 0.423 e. The fourth-order valence-corrected chi connectivity index (χ4v) is 3.86. The fourth-order valence-electron chi connectivity index (χ4n) is 3.45. The number of benzene rings is 2. The number of hydrogen-bond donors (Lipinski definition) is 0. The highest BCUT2D eigenvalue weighted by atomic mass is 35.5. The zero-order chi connectivity index (χ0) is 19.0. The molecule has 0 aliphatic carbocycles. The topological polar surface area (TPSA) is 49.6 Å². The molecule has 4 rings (SSSR count). The molecule has 27 heavy (non-hydrogen) atoms. The van der Waals surface area contributed by atoms with Gasteiger partial charge in [-0.3, -0.25) is 4.79 Å². The van der Waals surface area contributed by atoms with Gasteiger partial charge in [0.15, 0.2) is 5.58 Å². The van der Waals surface area contributed by atoms with E-state index in [2.05, 4.69) is 9.88 Å². The molecule has 0 bridgehead atoms. The Labute approximate surface area is 167 Å². The van der Waals surface area contributed by atoms with Gasteiger partial charge in [0.2, 0.25) is 5.91 Å². The molecule has 1 aliphatic rings. The molecule has 0 atom stereocenters. The first-order valence-corrected chi connectivity index (χ1v) is 9.61. The first-order chi connectivity index (χ1) is 13.0. The van der Waals surface area contributed by atoms with E-state index < -0.39 is 0 Å². The summed E-state index contributed by atoms with van der Waals surface area (Å²) in [6.07, 6.45) is 1.47. The first kappa shape index (κ1) is 18.1. The molecule has 2 aromatic carbocycles. The highest BCUT2D eigenvalue weighted by Gasteiger charge is 2.30. The van der Waals surface area contributed by atoms with Gasteiger partial charge in [0.05, 0.1) is 10.7 Å². The number of rotatable bonds is 3. The molecular formula is C20H19Cl2N3O2. The second-order valence-electron chi connectivity index (χ2n) is 6.72. The summed E-state index contributed by atoms with van der Waals surface area (Å²) >= 11 is 12.3. The van der Waals surface area contributed by atoms with Crippen molar-refractivity contribution in [2.75, 3.05) is 29.9 Å². The molecule has 3 aromatic rings. The molecule has 0 unspecified atom stereocenters. The molecule has 1 amide bonds. The third-order valence-corrected chi connectivity index (χ3v) is 5.55. The molecule has 5 nitrogen and oxygen atoms in total. The van der Waals surface area contributed by atoms with Crippen LogP contribution in [0.4, 0.5) is 11.7 Å². The summed E-state index contributed by atoms with van der Waals surface area (Å²) in [6.45, 7) is 1.45. The van der Waals surface area contributed by atoms with E-state index >= 15 is 0 Å². The van der Waals surface area contributed by atoms with Crippen LogP contribution in [-0.2, 0) is 4.79 Å². The number of aromatic nitrogens is 1. The van der Waals surface area contributed by atoms with Crippen molar-refractivity contribution < 1.29 is 9.21 Å². The Morgan fingerprint density at radius 1 is 1.19 bits per heavy atom. The van der Waals surface area contributed by atoms with Crippen LogP contribution in [-0.4, -0.2) is 31.0 Å². The summed E-state index contributed by atoms with van der Waals surface area (Å²) in [7, 11) is 1.74.